The van der Waals surface area contributed by atoms with Crippen LogP contribution in [-0.4, -0.2) is 54.4 Å². The van der Waals surface area contributed by atoms with Crippen LogP contribution in [0.1, 0.15) is 59.9 Å². The summed E-state index contributed by atoms with van der Waals surface area (Å²) in [5, 5.41) is 10.2. The molecule has 1 aliphatic rings. The summed E-state index contributed by atoms with van der Waals surface area (Å²) in [5.41, 5.74) is 8.06. The lowest BCUT2D eigenvalue weighted by atomic mass is 9.99. The lowest BCUT2D eigenvalue weighted by molar-refractivity contribution is -0.133. The number of nitrogens with zero attached hydrogens (tertiary/aromatic N) is 5. The Morgan fingerprint density at radius 2 is 1.79 bits per heavy atom. The maximum Gasteiger partial charge on any atom is 0.328 e. The quantitative estimate of drug-likeness (QED) is 0.155. The SMILES string of the molecule is Cc1cc(-c2cc3cccc(-c4cc5c(c(C(C)C)n4)n(C)c(=O)n5C)c3cn2)cnc1C(=O)NCC#Cc1cccc(NC2CCC(=O)NC2=O)c1. The Morgan fingerprint density at radius 1 is 0.981 bits per heavy atom. The molecular weight excluding hydrogens is 669 g/mol. The van der Waals surface area contributed by atoms with Crippen LogP contribution in [-0.2, 0) is 23.7 Å². The zero-order valence-corrected chi connectivity index (χ0v) is 30.1. The average Bonchev–Trinajstić information content (AvgIpc) is 3.36. The van der Waals surface area contributed by atoms with Crippen LogP contribution in [0.3, 0.4) is 0 Å². The molecule has 7 rings (SSSR count). The van der Waals surface area contributed by atoms with Gasteiger partial charge in [-0.05, 0) is 66.6 Å². The molecule has 3 amide bonds. The number of pyridine rings is 3. The van der Waals surface area contributed by atoms with Crippen molar-refractivity contribution in [2.24, 2.45) is 14.1 Å². The molecule has 1 unspecified atom stereocenters. The highest BCUT2D eigenvalue weighted by Crippen LogP contribution is 2.33. The first-order valence-corrected chi connectivity index (χ1v) is 17.4. The van der Waals surface area contributed by atoms with Gasteiger partial charge in [0.1, 0.15) is 11.7 Å². The second kappa shape index (κ2) is 14.2. The third-order valence-electron chi connectivity index (χ3n) is 9.46. The van der Waals surface area contributed by atoms with E-state index in [4.69, 9.17) is 9.97 Å². The number of imide groups is 1. The third-order valence-corrected chi connectivity index (χ3v) is 9.46. The zero-order chi connectivity index (χ0) is 37.4. The number of aryl methyl sites for hydroxylation is 3. The number of imidazole rings is 1. The first-order chi connectivity index (χ1) is 25.5. The summed E-state index contributed by atoms with van der Waals surface area (Å²) >= 11 is 0. The summed E-state index contributed by atoms with van der Waals surface area (Å²) in [6, 6.07) is 18.7. The Morgan fingerprint density at radius 3 is 2.57 bits per heavy atom. The molecule has 2 aromatic carbocycles. The van der Waals surface area contributed by atoms with E-state index in [0.717, 1.165) is 44.3 Å². The molecule has 0 spiro atoms. The van der Waals surface area contributed by atoms with E-state index in [1.165, 1.54) is 0 Å². The topological polar surface area (TPSA) is 153 Å². The molecule has 0 radical (unpaired) electrons. The lowest BCUT2D eigenvalue weighted by Gasteiger charge is -2.22. The summed E-state index contributed by atoms with van der Waals surface area (Å²) < 4.78 is 3.32. The number of nitrogens with one attached hydrogen (secondary N) is 3. The van der Waals surface area contributed by atoms with Crippen LogP contribution >= 0.6 is 0 Å². The standard InChI is InChI=1S/C41H38N8O4/c1-23(2)36-38-34(48(4)41(53)49(38)5)20-33(46-36)29-13-7-11-26-19-32(43-22-30(26)29)27-17-24(3)37(44-21-27)40(52)42-16-8-10-25-9-6-12-28(18-25)45-31-14-15-35(50)47-39(31)51/h6-7,9,11-13,17-23,31,45H,14-16H2,1-5H3,(H,42,52)(H,47,50,51). The summed E-state index contributed by atoms with van der Waals surface area (Å²) in [5.74, 6) is 5.17. The van der Waals surface area contributed by atoms with Crippen molar-refractivity contribution in [2.45, 2.75) is 45.6 Å². The van der Waals surface area contributed by atoms with Crippen molar-refractivity contribution in [1.82, 2.24) is 34.7 Å². The first-order valence-electron chi connectivity index (χ1n) is 17.4. The molecule has 4 aromatic heterocycles. The van der Waals surface area contributed by atoms with Gasteiger partial charge in [0.2, 0.25) is 11.8 Å². The minimum absolute atomic E-state index is 0.0905. The maximum absolute atomic E-state index is 13.0. The number of carbonyl (C=O) groups excluding carboxylic acids is 3. The number of aromatic nitrogens is 5. The highest BCUT2D eigenvalue weighted by molar-refractivity contribution is 6.01. The predicted octanol–water partition coefficient (Wildman–Crippen LogP) is 4.98. The molecule has 3 N–H and O–H groups in total. The fourth-order valence-electron chi connectivity index (χ4n) is 6.69. The molecule has 53 heavy (non-hydrogen) atoms. The highest BCUT2D eigenvalue weighted by atomic mass is 16.2. The third kappa shape index (κ3) is 6.89. The first kappa shape index (κ1) is 34.8. The molecule has 0 bridgehead atoms. The van der Waals surface area contributed by atoms with Crippen LogP contribution in [0, 0.1) is 18.8 Å². The van der Waals surface area contributed by atoms with Crippen LogP contribution in [0.2, 0.25) is 0 Å². The normalized spacial score (nSPS) is 14.3. The van der Waals surface area contributed by atoms with Gasteiger partial charge in [0.05, 0.1) is 34.7 Å². The van der Waals surface area contributed by atoms with E-state index in [0.29, 0.717) is 34.6 Å². The van der Waals surface area contributed by atoms with Crippen molar-refractivity contribution >= 4 is 45.2 Å². The summed E-state index contributed by atoms with van der Waals surface area (Å²) in [7, 11) is 3.56. The van der Waals surface area contributed by atoms with Gasteiger partial charge in [-0.1, -0.05) is 50.0 Å². The van der Waals surface area contributed by atoms with Crippen molar-refractivity contribution < 1.29 is 14.4 Å². The van der Waals surface area contributed by atoms with E-state index >= 15 is 0 Å². The van der Waals surface area contributed by atoms with Crippen LogP contribution in [0.4, 0.5) is 5.69 Å². The molecule has 12 heteroatoms. The fraction of sp³-hybridized carbons (Fsp3) is 0.244. The van der Waals surface area contributed by atoms with Crippen molar-refractivity contribution in [3.63, 3.8) is 0 Å². The lowest BCUT2D eigenvalue weighted by Crippen LogP contribution is -2.47. The van der Waals surface area contributed by atoms with Crippen LogP contribution in [0.25, 0.3) is 44.3 Å². The fourth-order valence-corrected chi connectivity index (χ4v) is 6.69. The number of hydrogen-bond donors (Lipinski definition) is 3. The van der Waals surface area contributed by atoms with E-state index in [9.17, 15) is 19.2 Å². The van der Waals surface area contributed by atoms with Gasteiger partial charge in [-0.3, -0.25) is 43.8 Å². The van der Waals surface area contributed by atoms with Crippen LogP contribution in [0.5, 0.6) is 0 Å². The number of rotatable bonds is 7. The van der Waals surface area contributed by atoms with Crippen molar-refractivity contribution in [2.75, 3.05) is 11.9 Å². The second-order valence-corrected chi connectivity index (χ2v) is 13.5. The Kier molecular flexibility index (Phi) is 9.32. The number of carbonyl (C=O) groups is 3. The minimum atomic E-state index is -0.487. The van der Waals surface area contributed by atoms with Crippen molar-refractivity contribution in [1.29, 1.82) is 0 Å². The van der Waals surface area contributed by atoms with Crippen LogP contribution in [0.15, 0.2) is 77.9 Å². The number of amides is 3. The smallest absolute Gasteiger partial charge is 0.328 e. The van der Waals surface area contributed by atoms with E-state index in [2.05, 4.69) is 46.6 Å². The monoisotopic (exact) mass is 706 g/mol. The molecule has 5 heterocycles. The molecule has 1 fully saturated rings. The predicted molar refractivity (Wildman–Crippen MR) is 204 cm³/mol. The molecule has 0 aliphatic carbocycles. The minimum Gasteiger partial charge on any atom is -0.374 e. The Balaban J connectivity index is 1.06. The van der Waals surface area contributed by atoms with E-state index < -0.39 is 6.04 Å². The van der Waals surface area contributed by atoms with E-state index in [1.54, 1.807) is 29.4 Å². The van der Waals surface area contributed by atoms with Gasteiger partial charge in [0, 0.05) is 60.7 Å². The number of hydrogen-bond acceptors (Lipinski definition) is 8. The second-order valence-electron chi connectivity index (χ2n) is 13.5. The van der Waals surface area contributed by atoms with Crippen molar-refractivity contribution in [3.05, 3.63) is 106 Å². The number of benzene rings is 2. The maximum atomic E-state index is 13.0. The highest BCUT2D eigenvalue weighted by Gasteiger charge is 2.26. The molecule has 1 atom stereocenters. The van der Waals surface area contributed by atoms with Crippen LogP contribution < -0.4 is 21.6 Å². The van der Waals surface area contributed by atoms with Gasteiger partial charge < -0.3 is 10.6 Å². The summed E-state index contributed by atoms with van der Waals surface area (Å²) in [4.78, 5) is 63.7. The molecule has 6 aromatic rings. The van der Waals surface area contributed by atoms with E-state index in [1.807, 2.05) is 73.8 Å². The van der Waals surface area contributed by atoms with Gasteiger partial charge in [-0.25, -0.2) is 4.79 Å². The van der Waals surface area contributed by atoms with E-state index in [-0.39, 0.29) is 42.3 Å². The van der Waals surface area contributed by atoms with Gasteiger partial charge in [0.15, 0.2) is 0 Å². The molecular formula is C41H38N8O4. The van der Waals surface area contributed by atoms with Gasteiger partial charge >= 0.3 is 5.69 Å². The summed E-state index contributed by atoms with van der Waals surface area (Å²) in [6.45, 7) is 6.10. The summed E-state index contributed by atoms with van der Waals surface area (Å²) in [6.07, 6.45) is 4.20. The Hall–Kier alpha value is -6.61. The molecule has 1 saturated heterocycles. The molecule has 266 valence electrons. The molecule has 0 saturated carbocycles. The number of piperidine rings is 1. The number of anilines is 1. The molecule has 12 nitrogen and oxygen atoms in total. The Bertz CT molecular complexity index is 2590. The Labute approximate surface area is 305 Å². The zero-order valence-electron chi connectivity index (χ0n) is 30.1. The van der Waals surface area contributed by atoms with Crippen molar-refractivity contribution in [3.8, 4) is 34.4 Å². The van der Waals surface area contributed by atoms with Gasteiger partial charge in [-0.15, -0.1) is 0 Å². The largest absolute Gasteiger partial charge is 0.374 e. The van der Waals surface area contributed by atoms with Gasteiger partial charge in [0.25, 0.3) is 5.91 Å². The average molecular weight is 707 g/mol. The van der Waals surface area contributed by atoms with Gasteiger partial charge in [-0.2, -0.15) is 0 Å². The number of fused-ring (bicyclic) bond motifs is 2. The molecule has 1 aliphatic heterocycles.